The van der Waals surface area contributed by atoms with Crippen LogP contribution >= 0.6 is 0 Å². The number of esters is 1. The summed E-state index contributed by atoms with van der Waals surface area (Å²) in [6.45, 7) is 2.95. The minimum absolute atomic E-state index is 0.262. The van der Waals surface area contributed by atoms with E-state index in [1.165, 1.54) is 13.2 Å². The lowest BCUT2D eigenvalue weighted by Crippen LogP contribution is -2.42. The molecule has 9 heteroatoms. The standard InChI is InChI=1S/C22H23N3O6/c1-13-10-15(8-9-17(13)30-3)22(2)20(28)25(21(29)24-22)12-18(26)23-16-7-5-6-14(11-16)19(27)31-4/h5-11H,12H2,1-4H3,(H,23,26)(H,24,29). The number of hydrogen-bond acceptors (Lipinski definition) is 6. The predicted molar refractivity (Wildman–Crippen MR) is 112 cm³/mol. The number of ether oxygens (including phenoxy) is 2. The number of urea groups is 1. The molecule has 162 valence electrons. The molecule has 0 spiro atoms. The van der Waals surface area contributed by atoms with Crippen molar-refractivity contribution in [2.45, 2.75) is 19.4 Å². The van der Waals surface area contributed by atoms with Crippen LogP contribution in [0.5, 0.6) is 5.75 Å². The van der Waals surface area contributed by atoms with E-state index in [2.05, 4.69) is 15.4 Å². The third-order valence-corrected chi connectivity index (χ3v) is 5.12. The Bertz CT molecular complexity index is 1070. The molecule has 0 aliphatic carbocycles. The van der Waals surface area contributed by atoms with Crippen molar-refractivity contribution < 1.29 is 28.7 Å². The molecule has 0 radical (unpaired) electrons. The van der Waals surface area contributed by atoms with Crippen LogP contribution in [0.15, 0.2) is 42.5 Å². The molecule has 1 saturated heterocycles. The van der Waals surface area contributed by atoms with Crippen LogP contribution in [0.25, 0.3) is 0 Å². The summed E-state index contributed by atoms with van der Waals surface area (Å²) in [6.07, 6.45) is 0. The SMILES string of the molecule is COC(=O)c1cccc(NC(=O)CN2C(=O)NC(C)(c3ccc(OC)c(C)c3)C2=O)c1. The summed E-state index contributed by atoms with van der Waals surface area (Å²) in [5, 5.41) is 5.25. The maximum Gasteiger partial charge on any atom is 0.337 e. The summed E-state index contributed by atoms with van der Waals surface area (Å²) in [7, 11) is 2.81. The first-order valence-corrected chi connectivity index (χ1v) is 9.47. The zero-order chi connectivity index (χ0) is 22.8. The summed E-state index contributed by atoms with van der Waals surface area (Å²) in [4.78, 5) is 50.5. The van der Waals surface area contributed by atoms with Gasteiger partial charge in [0.25, 0.3) is 5.91 Å². The van der Waals surface area contributed by atoms with Gasteiger partial charge in [-0.15, -0.1) is 0 Å². The summed E-state index contributed by atoms with van der Waals surface area (Å²) in [5.74, 6) is -1.01. The summed E-state index contributed by atoms with van der Waals surface area (Å²) in [5.41, 5.74) is 0.688. The fraction of sp³-hybridized carbons (Fsp3) is 0.273. The van der Waals surface area contributed by atoms with E-state index in [9.17, 15) is 19.2 Å². The van der Waals surface area contributed by atoms with Crippen molar-refractivity contribution in [1.29, 1.82) is 0 Å². The van der Waals surface area contributed by atoms with Gasteiger partial charge in [-0.1, -0.05) is 12.1 Å². The zero-order valence-electron chi connectivity index (χ0n) is 17.6. The molecule has 1 aliphatic heterocycles. The fourth-order valence-corrected chi connectivity index (χ4v) is 3.41. The van der Waals surface area contributed by atoms with Crippen LogP contribution in [-0.2, 0) is 19.9 Å². The van der Waals surface area contributed by atoms with Crippen LogP contribution in [0.3, 0.4) is 0 Å². The van der Waals surface area contributed by atoms with E-state index in [1.54, 1.807) is 50.4 Å². The molecule has 0 saturated carbocycles. The van der Waals surface area contributed by atoms with Crippen LogP contribution in [0, 0.1) is 6.92 Å². The lowest BCUT2D eigenvalue weighted by Gasteiger charge is -2.23. The van der Waals surface area contributed by atoms with Gasteiger partial charge in [-0.3, -0.25) is 14.5 Å². The Morgan fingerprint density at radius 1 is 1.13 bits per heavy atom. The van der Waals surface area contributed by atoms with Crippen LogP contribution in [-0.4, -0.2) is 49.5 Å². The van der Waals surface area contributed by atoms with Gasteiger partial charge < -0.3 is 20.1 Å². The Kier molecular flexibility index (Phi) is 5.96. The number of nitrogens with zero attached hydrogens (tertiary/aromatic N) is 1. The van der Waals surface area contributed by atoms with Gasteiger partial charge in [0, 0.05) is 5.69 Å². The van der Waals surface area contributed by atoms with Gasteiger partial charge in [-0.25, -0.2) is 9.59 Å². The van der Waals surface area contributed by atoms with Gasteiger partial charge in [0.1, 0.15) is 17.8 Å². The van der Waals surface area contributed by atoms with E-state index in [1.807, 2.05) is 6.92 Å². The first-order valence-electron chi connectivity index (χ1n) is 9.47. The number of carbonyl (C=O) groups excluding carboxylic acids is 4. The maximum atomic E-state index is 13.0. The number of anilines is 1. The first-order chi connectivity index (χ1) is 14.7. The normalized spacial score (nSPS) is 17.9. The van der Waals surface area contributed by atoms with Crippen molar-refractivity contribution in [3.8, 4) is 5.75 Å². The van der Waals surface area contributed by atoms with E-state index in [0.717, 1.165) is 10.5 Å². The third-order valence-electron chi connectivity index (χ3n) is 5.12. The highest BCUT2D eigenvalue weighted by Gasteiger charge is 2.49. The number of methoxy groups -OCH3 is 2. The average Bonchev–Trinajstić information content (AvgIpc) is 2.97. The molecule has 1 fully saturated rings. The van der Waals surface area contributed by atoms with Gasteiger partial charge in [0.15, 0.2) is 0 Å². The van der Waals surface area contributed by atoms with Crippen LogP contribution in [0.2, 0.25) is 0 Å². The van der Waals surface area contributed by atoms with Crippen molar-refractivity contribution in [1.82, 2.24) is 10.2 Å². The second-order valence-electron chi connectivity index (χ2n) is 7.25. The van der Waals surface area contributed by atoms with E-state index in [4.69, 9.17) is 4.74 Å². The zero-order valence-corrected chi connectivity index (χ0v) is 17.6. The second-order valence-corrected chi connectivity index (χ2v) is 7.25. The molecule has 2 aromatic rings. The molecule has 9 nitrogen and oxygen atoms in total. The predicted octanol–water partition coefficient (Wildman–Crippen LogP) is 2.20. The maximum absolute atomic E-state index is 13.0. The lowest BCUT2D eigenvalue weighted by molar-refractivity contribution is -0.133. The average molecular weight is 425 g/mol. The number of carbonyl (C=O) groups is 4. The molecular formula is C22H23N3O6. The third kappa shape index (κ3) is 4.20. The topological polar surface area (TPSA) is 114 Å². The highest BCUT2D eigenvalue weighted by Crippen LogP contribution is 2.31. The summed E-state index contributed by atoms with van der Waals surface area (Å²) < 4.78 is 9.89. The van der Waals surface area contributed by atoms with Gasteiger partial charge in [-0.2, -0.15) is 0 Å². The van der Waals surface area contributed by atoms with Gasteiger partial charge in [0.05, 0.1) is 19.8 Å². The number of benzene rings is 2. The molecule has 1 heterocycles. The highest BCUT2D eigenvalue weighted by molar-refractivity contribution is 6.10. The Balaban J connectivity index is 1.75. The monoisotopic (exact) mass is 425 g/mol. The Morgan fingerprint density at radius 2 is 1.87 bits per heavy atom. The van der Waals surface area contributed by atoms with Crippen molar-refractivity contribution in [3.63, 3.8) is 0 Å². The molecule has 2 N–H and O–H groups in total. The van der Waals surface area contributed by atoms with Crippen LogP contribution in [0.4, 0.5) is 10.5 Å². The number of hydrogen-bond donors (Lipinski definition) is 2. The van der Waals surface area contributed by atoms with E-state index >= 15 is 0 Å². The first kappa shape index (κ1) is 21.8. The molecule has 4 amide bonds. The smallest absolute Gasteiger partial charge is 0.337 e. The lowest BCUT2D eigenvalue weighted by atomic mass is 9.90. The van der Waals surface area contributed by atoms with Crippen molar-refractivity contribution >= 4 is 29.5 Å². The number of rotatable bonds is 6. The molecule has 1 aliphatic rings. The molecule has 0 aromatic heterocycles. The second kappa shape index (κ2) is 8.47. The molecule has 31 heavy (non-hydrogen) atoms. The van der Waals surface area contributed by atoms with Crippen molar-refractivity contribution in [3.05, 3.63) is 59.2 Å². The van der Waals surface area contributed by atoms with E-state index < -0.39 is 35.9 Å². The molecule has 1 atom stereocenters. The quantitative estimate of drug-likeness (QED) is 0.542. The Hall–Kier alpha value is -3.88. The van der Waals surface area contributed by atoms with E-state index in [-0.39, 0.29) is 5.56 Å². The molecule has 0 bridgehead atoms. The van der Waals surface area contributed by atoms with Crippen molar-refractivity contribution in [2.24, 2.45) is 0 Å². The van der Waals surface area contributed by atoms with Crippen molar-refractivity contribution in [2.75, 3.05) is 26.1 Å². The molecule has 2 aromatic carbocycles. The van der Waals surface area contributed by atoms with E-state index in [0.29, 0.717) is 17.0 Å². The number of nitrogens with one attached hydrogen (secondary N) is 2. The van der Waals surface area contributed by atoms with Gasteiger partial charge in [-0.05, 0) is 55.3 Å². The van der Waals surface area contributed by atoms with Crippen LogP contribution < -0.4 is 15.4 Å². The van der Waals surface area contributed by atoms with Crippen LogP contribution in [0.1, 0.15) is 28.4 Å². The Morgan fingerprint density at radius 3 is 2.52 bits per heavy atom. The molecule has 3 rings (SSSR count). The van der Waals surface area contributed by atoms with Gasteiger partial charge >= 0.3 is 12.0 Å². The number of imide groups is 1. The summed E-state index contributed by atoms with van der Waals surface area (Å²) >= 11 is 0. The summed E-state index contributed by atoms with van der Waals surface area (Å²) in [6, 6.07) is 10.7. The number of amides is 4. The molecular weight excluding hydrogens is 402 g/mol. The minimum atomic E-state index is -1.31. The largest absolute Gasteiger partial charge is 0.496 e. The molecule has 1 unspecified atom stereocenters. The van der Waals surface area contributed by atoms with Gasteiger partial charge in [0.2, 0.25) is 5.91 Å². The Labute approximate surface area is 179 Å². The highest BCUT2D eigenvalue weighted by atomic mass is 16.5. The fourth-order valence-electron chi connectivity index (χ4n) is 3.41. The number of aryl methyl sites for hydroxylation is 1. The minimum Gasteiger partial charge on any atom is -0.496 e.